The van der Waals surface area contributed by atoms with E-state index in [9.17, 15) is 14.8 Å². The van der Waals surface area contributed by atoms with Gasteiger partial charge < -0.3 is 10.8 Å². The van der Waals surface area contributed by atoms with Crippen LogP contribution in [0.1, 0.15) is 15.9 Å². The number of hydrogen-bond acceptors (Lipinski definition) is 5. The maximum absolute atomic E-state index is 11.2. The third-order valence-corrected chi connectivity index (χ3v) is 1.64. The third kappa shape index (κ3) is 2.05. The van der Waals surface area contributed by atoms with Crippen LogP contribution in [-0.4, -0.2) is 27.2 Å². The highest BCUT2D eigenvalue weighted by molar-refractivity contribution is 6.01. The van der Waals surface area contributed by atoms with Crippen molar-refractivity contribution in [3.63, 3.8) is 0 Å². The zero-order valence-electron chi connectivity index (χ0n) is 7.75. The number of imide groups is 1. The Labute approximate surface area is 89.1 Å². The van der Waals surface area contributed by atoms with E-state index in [2.05, 4.69) is 4.98 Å². The lowest BCUT2D eigenvalue weighted by molar-refractivity contribution is -0.0926. The summed E-state index contributed by atoms with van der Waals surface area (Å²) in [6, 6.07) is 2.65. The van der Waals surface area contributed by atoms with Crippen molar-refractivity contribution in [1.29, 1.82) is 5.26 Å². The molecule has 0 atom stereocenters. The Hall–Kier alpha value is -2.66. The maximum Gasteiger partial charge on any atom is 0.441 e. The van der Waals surface area contributed by atoms with E-state index >= 15 is 0 Å². The largest absolute Gasteiger partial charge is 0.463 e. The smallest absolute Gasteiger partial charge is 0.441 e. The van der Waals surface area contributed by atoms with Gasteiger partial charge in [-0.05, 0) is 6.07 Å². The second-order valence-corrected chi connectivity index (χ2v) is 2.65. The summed E-state index contributed by atoms with van der Waals surface area (Å²) in [5, 5.41) is 26.9. The van der Waals surface area contributed by atoms with E-state index in [1.165, 1.54) is 0 Å². The number of aromatic nitrogens is 1. The topological polar surface area (TPSA) is 140 Å². The second kappa shape index (κ2) is 4.24. The summed E-state index contributed by atoms with van der Waals surface area (Å²) in [6.45, 7) is 0. The molecule has 0 unspecified atom stereocenters. The molecule has 0 aliphatic heterocycles. The number of amides is 2. The molecular weight excluding hydrogens is 216 g/mol. The van der Waals surface area contributed by atoms with Gasteiger partial charge in [0, 0.05) is 6.20 Å². The lowest BCUT2D eigenvalue weighted by Gasteiger charge is -2.06. The first-order chi connectivity index (χ1) is 7.47. The first kappa shape index (κ1) is 11.4. The van der Waals surface area contributed by atoms with Crippen molar-refractivity contribution in [2.24, 2.45) is 0 Å². The molecule has 1 rings (SSSR count). The fraction of sp³-hybridized carbons (Fsp3) is 0. The summed E-state index contributed by atoms with van der Waals surface area (Å²) in [6.07, 6.45) is -1.02. The summed E-state index contributed by atoms with van der Waals surface area (Å²) < 4.78 is 0. The number of nitrogen functional groups attached to an aromatic ring is 1. The highest BCUT2D eigenvalue weighted by atomic mass is 16.6. The van der Waals surface area contributed by atoms with E-state index < -0.39 is 17.1 Å². The molecule has 0 spiro atoms. The fourth-order valence-electron chi connectivity index (χ4n) is 0.886. The second-order valence-electron chi connectivity index (χ2n) is 2.65. The van der Waals surface area contributed by atoms with E-state index in [0.717, 1.165) is 12.3 Å². The van der Waals surface area contributed by atoms with Crippen molar-refractivity contribution in [2.45, 2.75) is 0 Å². The van der Waals surface area contributed by atoms with Crippen molar-refractivity contribution in [3.8, 4) is 6.07 Å². The van der Waals surface area contributed by atoms with Gasteiger partial charge in [-0.25, -0.2) is 9.78 Å². The number of hydrogen-bond donors (Lipinski definition) is 2. The van der Waals surface area contributed by atoms with Gasteiger partial charge in [0.1, 0.15) is 11.9 Å². The highest BCUT2D eigenvalue weighted by Crippen LogP contribution is 2.11. The number of anilines is 1. The van der Waals surface area contributed by atoms with Gasteiger partial charge in [-0.2, -0.15) is 5.26 Å². The molecule has 0 saturated carbocycles. The first-order valence-corrected chi connectivity index (χ1v) is 3.87. The normalized spacial score (nSPS) is 9.25. The minimum absolute atomic E-state index is 0.105. The zero-order valence-corrected chi connectivity index (χ0v) is 7.75. The van der Waals surface area contributed by atoms with E-state index in [0.29, 0.717) is 0 Å². The van der Waals surface area contributed by atoms with Crippen molar-refractivity contribution < 1.29 is 19.9 Å². The molecule has 0 aliphatic carbocycles. The molecule has 3 N–H and O–H groups in total. The van der Waals surface area contributed by atoms with Crippen LogP contribution in [0.4, 0.5) is 10.6 Å². The summed E-state index contributed by atoms with van der Waals surface area (Å²) in [7, 11) is 0. The number of pyridine rings is 1. The molecule has 8 nitrogen and oxygen atoms in total. The number of carbonyl (C=O) groups is 2. The molecule has 1 aromatic heterocycles. The quantitative estimate of drug-likeness (QED) is 0.639. The molecule has 2 amide bonds. The molecule has 0 saturated heterocycles. The van der Waals surface area contributed by atoms with Crippen LogP contribution < -0.4 is 5.73 Å². The van der Waals surface area contributed by atoms with Crippen molar-refractivity contribution in [3.05, 3.63) is 23.4 Å². The Kier molecular flexibility index (Phi) is 3.03. The fourth-order valence-corrected chi connectivity index (χ4v) is 0.886. The highest BCUT2D eigenvalue weighted by Gasteiger charge is 2.22. The van der Waals surface area contributed by atoms with Crippen LogP contribution in [0.3, 0.4) is 0 Å². The van der Waals surface area contributed by atoms with Gasteiger partial charge in [0.25, 0.3) is 5.91 Å². The first-order valence-electron chi connectivity index (χ1n) is 3.87. The Morgan fingerprint density at radius 3 is 2.69 bits per heavy atom. The van der Waals surface area contributed by atoms with E-state index in [1.807, 2.05) is 0 Å². The summed E-state index contributed by atoms with van der Waals surface area (Å²) in [5.41, 5.74) is 4.86. The van der Waals surface area contributed by atoms with Crippen molar-refractivity contribution in [1.82, 2.24) is 10.0 Å². The number of nitrogens with zero attached hydrogens (tertiary/aromatic N) is 3. The van der Waals surface area contributed by atoms with Gasteiger partial charge in [-0.1, -0.05) is 10.3 Å². The monoisotopic (exact) mass is 221 g/mol. The average Bonchev–Trinajstić information content (AvgIpc) is 2.27. The Bertz CT molecular complexity index is 493. The lowest BCUT2D eigenvalue weighted by atomic mass is 10.2. The number of carboxylic acid groups (broad SMARTS) is 1. The van der Waals surface area contributed by atoms with Crippen LogP contribution in [0, 0.1) is 11.3 Å². The summed E-state index contributed by atoms with van der Waals surface area (Å²) in [4.78, 5) is 24.9. The Balaban J connectivity index is 3.12. The maximum atomic E-state index is 11.2. The molecule has 81 valence electrons. The van der Waals surface area contributed by atoms with Crippen molar-refractivity contribution >= 4 is 17.8 Å². The molecule has 0 bridgehead atoms. The Morgan fingerprint density at radius 2 is 2.19 bits per heavy atom. The predicted molar refractivity (Wildman–Crippen MR) is 48.2 cm³/mol. The lowest BCUT2D eigenvalue weighted by Crippen LogP contribution is -2.31. The number of hydroxylamine groups is 2. The zero-order chi connectivity index (χ0) is 12.3. The standard InChI is InChI=1S/C8H5N4O4/c9-2-4-1-5(3-11-6(4)10)7(13)12(16)8(14)15/h1,3H,(H2,10,11)(H,14,15). The van der Waals surface area contributed by atoms with Gasteiger partial charge in [0.05, 0.1) is 11.1 Å². The molecular formula is C8H5N4O4. The molecule has 16 heavy (non-hydrogen) atoms. The van der Waals surface area contributed by atoms with Crippen LogP contribution in [0.15, 0.2) is 12.3 Å². The minimum atomic E-state index is -1.94. The van der Waals surface area contributed by atoms with Gasteiger partial charge in [-0.3, -0.25) is 4.79 Å². The average molecular weight is 221 g/mol. The molecule has 0 aromatic carbocycles. The molecule has 1 aromatic rings. The van der Waals surface area contributed by atoms with Gasteiger partial charge in [0.2, 0.25) is 0 Å². The van der Waals surface area contributed by atoms with Gasteiger partial charge in [0.15, 0.2) is 0 Å². The number of nitrogens with two attached hydrogens (primary N) is 1. The van der Waals surface area contributed by atoms with Crippen LogP contribution in [0.5, 0.6) is 0 Å². The van der Waals surface area contributed by atoms with E-state index in [1.54, 1.807) is 6.07 Å². The predicted octanol–water partition coefficient (Wildman–Crippen LogP) is 0.00118. The molecule has 0 aliphatic rings. The van der Waals surface area contributed by atoms with E-state index in [-0.39, 0.29) is 16.9 Å². The number of rotatable bonds is 1. The summed E-state index contributed by atoms with van der Waals surface area (Å²) >= 11 is 0. The molecule has 0 fully saturated rings. The van der Waals surface area contributed by atoms with Gasteiger partial charge in [-0.15, -0.1) is 0 Å². The van der Waals surface area contributed by atoms with Crippen LogP contribution >= 0.6 is 0 Å². The van der Waals surface area contributed by atoms with Crippen LogP contribution in [0.2, 0.25) is 0 Å². The van der Waals surface area contributed by atoms with Gasteiger partial charge >= 0.3 is 6.09 Å². The molecule has 1 radical (unpaired) electrons. The van der Waals surface area contributed by atoms with Crippen LogP contribution in [-0.2, 0) is 5.21 Å². The van der Waals surface area contributed by atoms with Crippen LogP contribution in [0.25, 0.3) is 0 Å². The molecule has 8 heteroatoms. The third-order valence-electron chi connectivity index (χ3n) is 1.64. The number of carbonyl (C=O) groups excluding carboxylic acids is 1. The van der Waals surface area contributed by atoms with E-state index in [4.69, 9.17) is 16.1 Å². The Morgan fingerprint density at radius 1 is 1.56 bits per heavy atom. The summed E-state index contributed by atoms with van der Waals surface area (Å²) in [5.74, 6) is -1.43. The van der Waals surface area contributed by atoms with Crippen molar-refractivity contribution in [2.75, 3.05) is 5.73 Å². The molecule has 1 heterocycles. The number of nitriles is 1. The minimum Gasteiger partial charge on any atom is -0.463 e. The SMILES string of the molecule is N#Cc1cc(C(=O)N([O])C(=O)O)cnc1N.